The van der Waals surface area contributed by atoms with Crippen molar-refractivity contribution in [3.05, 3.63) is 16.9 Å². The molecule has 1 heterocycles. The van der Waals surface area contributed by atoms with Gasteiger partial charge in [0.25, 0.3) is 0 Å². The minimum absolute atomic E-state index is 0.0583. The van der Waals surface area contributed by atoms with Gasteiger partial charge in [0.1, 0.15) is 0 Å². The predicted octanol–water partition coefficient (Wildman–Crippen LogP) is 1.04. The van der Waals surface area contributed by atoms with Gasteiger partial charge in [0, 0.05) is 6.20 Å². The van der Waals surface area contributed by atoms with Crippen molar-refractivity contribution in [3.8, 4) is 0 Å². The molecule has 0 aliphatic heterocycles. The van der Waals surface area contributed by atoms with Gasteiger partial charge >= 0.3 is 0 Å². The van der Waals surface area contributed by atoms with E-state index in [1.165, 1.54) is 0 Å². The summed E-state index contributed by atoms with van der Waals surface area (Å²) in [4.78, 5) is 0. The van der Waals surface area contributed by atoms with E-state index in [9.17, 15) is 0 Å². The molecular weight excluding hydrogens is 236 g/mol. The lowest BCUT2D eigenvalue weighted by Crippen LogP contribution is -2.16. The van der Waals surface area contributed by atoms with Crippen molar-refractivity contribution < 1.29 is 9.84 Å². The third-order valence-electron chi connectivity index (χ3n) is 1.58. The second kappa shape index (κ2) is 5.36. The molecule has 1 N–H and O–H groups in total. The smallest absolute Gasteiger partial charge is 0.0778 e. The maximum absolute atomic E-state index is 8.68. The topological polar surface area (TPSA) is 47.3 Å². The average Bonchev–Trinajstić information content (AvgIpc) is 2.51. The summed E-state index contributed by atoms with van der Waals surface area (Å²) >= 11 is 3.30. The molecule has 0 saturated carbocycles. The van der Waals surface area contributed by atoms with Crippen LogP contribution in [0.1, 0.15) is 6.92 Å². The summed E-state index contributed by atoms with van der Waals surface area (Å²) < 4.78 is 8.02. The molecule has 0 spiro atoms. The Labute approximate surface area is 85.6 Å². The minimum atomic E-state index is -0.0981. The number of aromatic nitrogens is 2. The molecule has 0 bridgehead atoms. The Hall–Kier alpha value is -0.390. The summed E-state index contributed by atoms with van der Waals surface area (Å²) in [5.41, 5.74) is 0. The van der Waals surface area contributed by atoms with Gasteiger partial charge in [-0.05, 0) is 22.9 Å². The molecule has 5 heteroatoms. The lowest BCUT2D eigenvalue weighted by atomic mass is 10.4. The van der Waals surface area contributed by atoms with Crippen LogP contribution in [-0.4, -0.2) is 34.2 Å². The van der Waals surface area contributed by atoms with E-state index in [0.29, 0.717) is 13.2 Å². The van der Waals surface area contributed by atoms with Crippen molar-refractivity contribution in [3.63, 3.8) is 0 Å². The van der Waals surface area contributed by atoms with Crippen LogP contribution in [0.2, 0.25) is 0 Å². The van der Waals surface area contributed by atoms with Crippen molar-refractivity contribution in [2.75, 3.05) is 13.2 Å². The summed E-state index contributed by atoms with van der Waals surface area (Å²) in [5.74, 6) is 0. The SMILES string of the molecule is CC(CO)OCCn1cc(Br)cn1. The highest BCUT2D eigenvalue weighted by Gasteiger charge is 1.99. The molecule has 0 amide bonds. The zero-order valence-electron chi connectivity index (χ0n) is 7.48. The van der Waals surface area contributed by atoms with Crippen LogP contribution >= 0.6 is 15.9 Å². The van der Waals surface area contributed by atoms with E-state index in [1.807, 2.05) is 13.1 Å². The molecule has 0 saturated heterocycles. The summed E-state index contributed by atoms with van der Waals surface area (Å²) in [5, 5.41) is 12.7. The maximum atomic E-state index is 8.68. The number of nitrogens with zero attached hydrogens (tertiary/aromatic N) is 2. The molecule has 1 aromatic rings. The van der Waals surface area contributed by atoms with Crippen LogP contribution < -0.4 is 0 Å². The number of rotatable bonds is 5. The van der Waals surface area contributed by atoms with Crippen molar-refractivity contribution in [2.24, 2.45) is 0 Å². The standard InChI is InChI=1S/C8H13BrN2O2/c1-7(6-12)13-3-2-11-5-8(9)4-10-11/h4-5,7,12H,2-3,6H2,1H3. The molecule has 1 rings (SSSR count). The first-order valence-corrected chi connectivity index (χ1v) is 4.92. The van der Waals surface area contributed by atoms with Gasteiger partial charge in [-0.1, -0.05) is 0 Å². The molecule has 1 unspecified atom stereocenters. The molecule has 0 aromatic carbocycles. The van der Waals surface area contributed by atoms with Gasteiger partial charge in [-0.25, -0.2) is 0 Å². The third-order valence-corrected chi connectivity index (χ3v) is 1.99. The summed E-state index contributed by atoms with van der Waals surface area (Å²) in [7, 11) is 0. The Morgan fingerprint density at radius 3 is 3.08 bits per heavy atom. The monoisotopic (exact) mass is 248 g/mol. The molecule has 0 radical (unpaired) electrons. The van der Waals surface area contributed by atoms with E-state index >= 15 is 0 Å². The Bertz CT molecular complexity index is 252. The summed E-state index contributed by atoms with van der Waals surface area (Å²) in [6.45, 7) is 3.16. The first-order chi connectivity index (χ1) is 6.22. The maximum Gasteiger partial charge on any atom is 0.0778 e. The van der Waals surface area contributed by atoms with Crippen LogP contribution in [0.15, 0.2) is 16.9 Å². The van der Waals surface area contributed by atoms with Crippen molar-refractivity contribution in [2.45, 2.75) is 19.6 Å². The van der Waals surface area contributed by atoms with Crippen LogP contribution in [0.5, 0.6) is 0 Å². The molecule has 13 heavy (non-hydrogen) atoms. The number of aliphatic hydroxyl groups excluding tert-OH is 1. The zero-order chi connectivity index (χ0) is 9.68. The number of ether oxygens (including phenoxy) is 1. The van der Waals surface area contributed by atoms with E-state index in [4.69, 9.17) is 9.84 Å². The Morgan fingerprint density at radius 2 is 2.54 bits per heavy atom. The fourth-order valence-corrected chi connectivity index (χ4v) is 1.19. The lowest BCUT2D eigenvalue weighted by molar-refractivity contribution is 0.0200. The molecule has 0 aliphatic rings. The summed E-state index contributed by atoms with van der Waals surface area (Å²) in [6, 6.07) is 0. The fraction of sp³-hybridized carbons (Fsp3) is 0.625. The molecule has 4 nitrogen and oxygen atoms in total. The van der Waals surface area contributed by atoms with Gasteiger partial charge < -0.3 is 9.84 Å². The molecular formula is C8H13BrN2O2. The Balaban J connectivity index is 2.20. The first-order valence-electron chi connectivity index (χ1n) is 4.13. The lowest BCUT2D eigenvalue weighted by Gasteiger charge is -2.09. The second-order valence-electron chi connectivity index (χ2n) is 2.79. The second-order valence-corrected chi connectivity index (χ2v) is 3.70. The zero-order valence-corrected chi connectivity index (χ0v) is 9.07. The largest absolute Gasteiger partial charge is 0.394 e. The number of hydrogen-bond acceptors (Lipinski definition) is 3. The van der Waals surface area contributed by atoms with Gasteiger partial charge in [0.15, 0.2) is 0 Å². The van der Waals surface area contributed by atoms with E-state index in [2.05, 4.69) is 21.0 Å². The fourth-order valence-electron chi connectivity index (χ4n) is 0.861. The Morgan fingerprint density at radius 1 is 1.77 bits per heavy atom. The van der Waals surface area contributed by atoms with E-state index in [-0.39, 0.29) is 12.7 Å². The first kappa shape index (κ1) is 10.7. The minimum Gasteiger partial charge on any atom is -0.394 e. The number of halogens is 1. The van der Waals surface area contributed by atoms with Crippen LogP contribution in [-0.2, 0) is 11.3 Å². The highest BCUT2D eigenvalue weighted by molar-refractivity contribution is 9.10. The van der Waals surface area contributed by atoms with Gasteiger partial charge in [-0.3, -0.25) is 4.68 Å². The van der Waals surface area contributed by atoms with E-state index < -0.39 is 0 Å². The van der Waals surface area contributed by atoms with Crippen LogP contribution in [0.3, 0.4) is 0 Å². The Kier molecular flexibility index (Phi) is 4.41. The molecule has 0 aliphatic carbocycles. The normalized spacial score (nSPS) is 13.2. The highest BCUT2D eigenvalue weighted by atomic mass is 79.9. The van der Waals surface area contributed by atoms with Gasteiger partial charge in [0.2, 0.25) is 0 Å². The van der Waals surface area contributed by atoms with Crippen molar-refractivity contribution in [1.29, 1.82) is 0 Å². The number of aliphatic hydroxyl groups is 1. The average molecular weight is 249 g/mol. The van der Waals surface area contributed by atoms with Gasteiger partial charge in [-0.2, -0.15) is 5.10 Å². The number of hydrogen-bond donors (Lipinski definition) is 1. The van der Waals surface area contributed by atoms with Crippen molar-refractivity contribution in [1.82, 2.24) is 9.78 Å². The van der Waals surface area contributed by atoms with Gasteiger partial charge in [0.05, 0.1) is 36.5 Å². The van der Waals surface area contributed by atoms with Crippen molar-refractivity contribution >= 4 is 15.9 Å². The molecule has 0 fully saturated rings. The van der Waals surface area contributed by atoms with E-state index in [0.717, 1.165) is 4.47 Å². The van der Waals surface area contributed by atoms with E-state index in [1.54, 1.807) is 10.9 Å². The van der Waals surface area contributed by atoms with Gasteiger partial charge in [-0.15, -0.1) is 0 Å². The molecule has 1 aromatic heterocycles. The van der Waals surface area contributed by atoms with Crippen LogP contribution in [0.25, 0.3) is 0 Å². The van der Waals surface area contributed by atoms with Crippen LogP contribution in [0.4, 0.5) is 0 Å². The quantitative estimate of drug-likeness (QED) is 0.848. The highest BCUT2D eigenvalue weighted by Crippen LogP contribution is 2.05. The van der Waals surface area contributed by atoms with Crippen LogP contribution in [0, 0.1) is 0 Å². The third kappa shape index (κ3) is 3.89. The molecule has 1 atom stereocenters. The summed E-state index contributed by atoms with van der Waals surface area (Å²) in [6.07, 6.45) is 3.52. The predicted molar refractivity (Wildman–Crippen MR) is 52.4 cm³/mol. The molecule has 74 valence electrons.